The van der Waals surface area contributed by atoms with Crippen LogP contribution in [-0.2, 0) is 11.2 Å². The quantitative estimate of drug-likeness (QED) is 0.869. The zero-order chi connectivity index (χ0) is 13.0. The normalized spacial score (nSPS) is 18.8. The molecule has 100 valence electrons. The van der Waals surface area contributed by atoms with Gasteiger partial charge >= 0.3 is 0 Å². The second kappa shape index (κ2) is 6.14. The first kappa shape index (κ1) is 13.3. The molecule has 0 aliphatic heterocycles. The van der Waals surface area contributed by atoms with E-state index in [0.29, 0.717) is 19.0 Å². The molecular formula is C14H23N3O. The second-order valence-electron chi connectivity index (χ2n) is 5.36. The van der Waals surface area contributed by atoms with Gasteiger partial charge in [0.2, 0.25) is 0 Å². The monoisotopic (exact) mass is 249 g/mol. The number of rotatable bonds is 5. The van der Waals surface area contributed by atoms with E-state index in [-0.39, 0.29) is 11.7 Å². The summed E-state index contributed by atoms with van der Waals surface area (Å²) in [4.78, 5) is 11.8. The Kier molecular flexibility index (Phi) is 4.53. The maximum absolute atomic E-state index is 11.8. The number of ketones is 1. The zero-order valence-corrected chi connectivity index (χ0v) is 11.1. The fourth-order valence-corrected chi connectivity index (χ4v) is 2.50. The van der Waals surface area contributed by atoms with E-state index in [1.807, 2.05) is 19.2 Å². The van der Waals surface area contributed by atoms with Gasteiger partial charge in [-0.2, -0.15) is 5.10 Å². The van der Waals surface area contributed by atoms with E-state index in [1.165, 1.54) is 32.1 Å². The van der Waals surface area contributed by atoms with Crippen LogP contribution < -0.4 is 5.73 Å². The van der Waals surface area contributed by atoms with Crippen molar-refractivity contribution in [2.45, 2.75) is 51.5 Å². The fraction of sp³-hybridized carbons (Fsp3) is 0.714. The van der Waals surface area contributed by atoms with Crippen LogP contribution in [0.2, 0.25) is 0 Å². The Morgan fingerprint density at radius 3 is 2.89 bits per heavy atom. The van der Waals surface area contributed by atoms with Crippen molar-refractivity contribution in [3.8, 4) is 0 Å². The molecule has 0 bridgehead atoms. The lowest BCUT2D eigenvalue weighted by Gasteiger charge is -2.21. The molecule has 0 saturated heterocycles. The van der Waals surface area contributed by atoms with Gasteiger partial charge in [0, 0.05) is 18.7 Å². The highest BCUT2D eigenvalue weighted by Gasteiger charge is 2.17. The number of hydrogen-bond acceptors (Lipinski definition) is 3. The SMILES string of the molecule is CC(CN)C(=O)Cc1ccn(C2CCCCC2)n1. The van der Waals surface area contributed by atoms with Crippen LogP contribution in [0.15, 0.2) is 12.3 Å². The van der Waals surface area contributed by atoms with E-state index in [4.69, 9.17) is 5.73 Å². The molecule has 1 aromatic heterocycles. The van der Waals surface area contributed by atoms with Crippen LogP contribution >= 0.6 is 0 Å². The topological polar surface area (TPSA) is 60.9 Å². The van der Waals surface area contributed by atoms with Gasteiger partial charge in [-0.15, -0.1) is 0 Å². The lowest BCUT2D eigenvalue weighted by atomic mass is 9.96. The minimum atomic E-state index is -0.0650. The minimum absolute atomic E-state index is 0.0650. The van der Waals surface area contributed by atoms with E-state index in [0.717, 1.165) is 5.69 Å². The molecule has 1 fully saturated rings. The minimum Gasteiger partial charge on any atom is -0.330 e. The summed E-state index contributed by atoms with van der Waals surface area (Å²) in [5.41, 5.74) is 6.38. The summed E-state index contributed by atoms with van der Waals surface area (Å²) in [6.45, 7) is 2.29. The number of carbonyl (C=O) groups is 1. The van der Waals surface area contributed by atoms with Crippen molar-refractivity contribution in [2.24, 2.45) is 11.7 Å². The van der Waals surface area contributed by atoms with E-state index in [1.54, 1.807) is 0 Å². The van der Waals surface area contributed by atoms with Gasteiger partial charge in [0.25, 0.3) is 0 Å². The number of nitrogens with two attached hydrogens (primary N) is 1. The van der Waals surface area contributed by atoms with Crippen molar-refractivity contribution in [3.05, 3.63) is 18.0 Å². The van der Waals surface area contributed by atoms with Crippen molar-refractivity contribution in [2.75, 3.05) is 6.54 Å². The van der Waals surface area contributed by atoms with Gasteiger partial charge in [0.05, 0.1) is 18.2 Å². The number of aromatic nitrogens is 2. The molecule has 0 amide bonds. The molecular weight excluding hydrogens is 226 g/mol. The van der Waals surface area contributed by atoms with Gasteiger partial charge in [-0.3, -0.25) is 9.48 Å². The van der Waals surface area contributed by atoms with Gasteiger partial charge in [-0.1, -0.05) is 26.2 Å². The Hall–Kier alpha value is -1.16. The molecule has 1 aromatic rings. The number of nitrogens with zero attached hydrogens (tertiary/aromatic N) is 2. The Bertz CT molecular complexity index is 393. The fourth-order valence-electron chi connectivity index (χ4n) is 2.50. The largest absolute Gasteiger partial charge is 0.330 e. The molecule has 1 aliphatic carbocycles. The van der Waals surface area contributed by atoms with Gasteiger partial charge in [-0.05, 0) is 18.9 Å². The summed E-state index contributed by atoms with van der Waals surface area (Å²) in [6, 6.07) is 2.50. The van der Waals surface area contributed by atoms with Crippen LogP contribution in [-0.4, -0.2) is 22.1 Å². The molecule has 0 radical (unpaired) electrons. The van der Waals surface area contributed by atoms with Gasteiger partial charge in [-0.25, -0.2) is 0 Å². The molecule has 0 aromatic carbocycles. The van der Waals surface area contributed by atoms with Crippen LogP contribution in [0, 0.1) is 5.92 Å². The molecule has 2 N–H and O–H groups in total. The predicted octanol–water partition coefficient (Wildman–Crippen LogP) is 2.09. The predicted molar refractivity (Wildman–Crippen MR) is 71.3 cm³/mol. The van der Waals surface area contributed by atoms with Crippen molar-refractivity contribution < 1.29 is 4.79 Å². The van der Waals surface area contributed by atoms with Gasteiger partial charge in [0.15, 0.2) is 0 Å². The number of hydrogen-bond donors (Lipinski definition) is 1. The van der Waals surface area contributed by atoms with E-state index in [9.17, 15) is 4.79 Å². The summed E-state index contributed by atoms with van der Waals surface area (Å²) >= 11 is 0. The Labute approximate surface area is 109 Å². The highest BCUT2D eigenvalue weighted by atomic mass is 16.1. The lowest BCUT2D eigenvalue weighted by molar-refractivity contribution is -0.121. The highest BCUT2D eigenvalue weighted by molar-refractivity contribution is 5.82. The highest BCUT2D eigenvalue weighted by Crippen LogP contribution is 2.27. The van der Waals surface area contributed by atoms with Gasteiger partial charge in [0.1, 0.15) is 5.78 Å². The molecule has 1 atom stereocenters. The standard InChI is InChI=1S/C14H23N3O/c1-11(10-15)14(18)9-12-7-8-17(16-12)13-5-3-2-4-6-13/h7-8,11,13H,2-6,9-10,15H2,1H3. The first-order valence-corrected chi connectivity index (χ1v) is 6.97. The Morgan fingerprint density at radius 2 is 2.22 bits per heavy atom. The second-order valence-corrected chi connectivity index (χ2v) is 5.36. The zero-order valence-electron chi connectivity index (χ0n) is 11.1. The van der Waals surface area contributed by atoms with Crippen LogP contribution in [0.3, 0.4) is 0 Å². The summed E-state index contributed by atoms with van der Waals surface area (Å²) in [5, 5.41) is 4.55. The summed E-state index contributed by atoms with van der Waals surface area (Å²) in [7, 11) is 0. The molecule has 1 heterocycles. The molecule has 1 aliphatic rings. The summed E-state index contributed by atoms with van der Waals surface area (Å²) < 4.78 is 2.05. The van der Waals surface area contributed by atoms with E-state index >= 15 is 0 Å². The maximum Gasteiger partial charge on any atom is 0.142 e. The third kappa shape index (κ3) is 3.19. The van der Waals surface area contributed by atoms with E-state index < -0.39 is 0 Å². The molecule has 1 unspecified atom stereocenters. The molecule has 0 spiro atoms. The third-order valence-corrected chi connectivity index (χ3v) is 3.87. The average Bonchev–Trinajstić information content (AvgIpc) is 2.87. The Morgan fingerprint density at radius 1 is 1.50 bits per heavy atom. The molecule has 1 saturated carbocycles. The molecule has 4 heteroatoms. The molecule has 2 rings (SSSR count). The Balaban J connectivity index is 1.95. The van der Waals surface area contributed by atoms with Crippen LogP contribution in [0.5, 0.6) is 0 Å². The van der Waals surface area contributed by atoms with Crippen LogP contribution in [0.4, 0.5) is 0 Å². The average molecular weight is 249 g/mol. The van der Waals surface area contributed by atoms with Crippen molar-refractivity contribution in [1.82, 2.24) is 9.78 Å². The van der Waals surface area contributed by atoms with Crippen molar-refractivity contribution >= 4 is 5.78 Å². The lowest BCUT2D eigenvalue weighted by Crippen LogP contribution is -2.22. The first-order chi connectivity index (χ1) is 8.70. The maximum atomic E-state index is 11.8. The summed E-state index contributed by atoms with van der Waals surface area (Å²) in [5.74, 6) is 0.122. The smallest absolute Gasteiger partial charge is 0.142 e. The molecule has 4 nitrogen and oxygen atoms in total. The first-order valence-electron chi connectivity index (χ1n) is 6.97. The summed E-state index contributed by atoms with van der Waals surface area (Å²) in [6.07, 6.45) is 8.80. The number of Topliss-reactive ketones (excluding diaryl/α,β-unsaturated/α-hetero) is 1. The van der Waals surface area contributed by atoms with Crippen molar-refractivity contribution in [1.29, 1.82) is 0 Å². The van der Waals surface area contributed by atoms with Crippen molar-refractivity contribution in [3.63, 3.8) is 0 Å². The van der Waals surface area contributed by atoms with Crippen LogP contribution in [0.25, 0.3) is 0 Å². The van der Waals surface area contributed by atoms with Gasteiger partial charge < -0.3 is 5.73 Å². The number of carbonyl (C=O) groups excluding carboxylic acids is 1. The van der Waals surface area contributed by atoms with Crippen LogP contribution in [0.1, 0.15) is 50.8 Å². The third-order valence-electron chi connectivity index (χ3n) is 3.87. The molecule has 18 heavy (non-hydrogen) atoms. The van der Waals surface area contributed by atoms with E-state index in [2.05, 4.69) is 9.78 Å².